The normalized spacial score (nSPS) is 10.2. The maximum atomic E-state index is 8.54. The standard InChI is InChI=1S/C11H11ClN2S.C11H7ClN2S/c2*12-9-3-1-8(2-4-9)10-7-15-11(14-10)5-6-13/h1-4,7H,5-6,13H2;1-4,7H,5H2. The number of rotatable bonds is 5. The van der Waals surface area contributed by atoms with E-state index in [9.17, 15) is 0 Å². The summed E-state index contributed by atoms with van der Waals surface area (Å²) in [4.78, 5) is 8.85. The molecule has 2 N–H and O–H groups in total. The highest BCUT2D eigenvalue weighted by Gasteiger charge is 2.04. The second-order valence-electron chi connectivity index (χ2n) is 6.14. The van der Waals surface area contributed by atoms with E-state index in [0.29, 0.717) is 18.0 Å². The van der Waals surface area contributed by atoms with Crippen molar-refractivity contribution < 1.29 is 0 Å². The Labute approximate surface area is 193 Å². The average molecular weight is 473 g/mol. The number of nitriles is 1. The van der Waals surface area contributed by atoms with Crippen LogP contribution in [0, 0.1) is 11.3 Å². The van der Waals surface area contributed by atoms with Crippen LogP contribution < -0.4 is 5.73 Å². The Bertz CT molecular complexity index is 1110. The van der Waals surface area contributed by atoms with Gasteiger partial charge in [-0.25, -0.2) is 9.97 Å². The molecular weight excluding hydrogens is 455 g/mol. The van der Waals surface area contributed by atoms with Gasteiger partial charge in [0.05, 0.1) is 28.9 Å². The first-order valence-electron chi connectivity index (χ1n) is 9.06. The van der Waals surface area contributed by atoms with Crippen LogP contribution in [0.15, 0.2) is 59.3 Å². The highest BCUT2D eigenvalue weighted by atomic mass is 35.5. The Hall–Kier alpha value is -2.27. The van der Waals surface area contributed by atoms with E-state index in [2.05, 4.69) is 16.0 Å². The zero-order chi connectivity index (χ0) is 21.3. The van der Waals surface area contributed by atoms with E-state index in [1.165, 1.54) is 11.3 Å². The van der Waals surface area contributed by atoms with E-state index in [4.69, 9.17) is 34.2 Å². The van der Waals surface area contributed by atoms with Gasteiger partial charge in [-0.05, 0) is 30.8 Å². The van der Waals surface area contributed by atoms with Crippen molar-refractivity contribution in [1.29, 1.82) is 5.26 Å². The van der Waals surface area contributed by atoms with Crippen LogP contribution in [-0.2, 0) is 12.8 Å². The van der Waals surface area contributed by atoms with Gasteiger partial charge in [-0.3, -0.25) is 0 Å². The van der Waals surface area contributed by atoms with Gasteiger partial charge in [0.1, 0.15) is 5.01 Å². The van der Waals surface area contributed by atoms with Gasteiger partial charge in [0.25, 0.3) is 0 Å². The highest BCUT2D eigenvalue weighted by Crippen LogP contribution is 2.24. The molecule has 0 saturated heterocycles. The number of hydrogen-bond donors (Lipinski definition) is 1. The predicted molar refractivity (Wildman–Crippen MR) is 127 cm³/mol. The molecule has 2 heterocycles. The fourth-order valence-corrected chi connectivity index (χ4v) is 4.33. The molecule has 2 aromatic heterocycles. The third kappa shape index (κ3) is 6.36. The zero-order valence-electron chi connectivity index (χ0n) is 15.9. The molecule has 8 heteroatoms. The van der Waals surface area contributed by atoms with E-state index in [1.807, 2.05) is 59.3 Å². The summed E-state index contributed by atoms with van der Waals surface area (Å²) in [5.41, 5.74) is 9.51. The molecule has 4 rings (SSSR count). The van der Waals surface area contributed by atoms with Gasteiger partial charge in [-0.2, -0.15) is 5.26 Å². The molecule has 2 aromatic carbocycles. The Morgan fingerprint density at radius 2 is 1.27 bits per heavy atom. The molecule has 0 aliphatic rings. The lowest BCUT2D eigenvalue weighted by molar-refractivity contribution is 0.954. The summed E-state index contributed by atoms with van der Waals surface area (Å²) >= 11 is 14.8. The molecule has 0 radical (unpaired) electrons. The molecule has 152 valence electrons. The molecular formula is C22H18Cl2N4S2. The third-order valence-electron chi connectivity index (χ3n) is 3.97. The van der Waals surface area contributed by atoms with Gasteiger partial charge in [0.15, 0.2) is 0 Å². The van der Waals surface area contributed by atoms with Crippen molar-refractivity contribution in [2.75, 3.05) is 6.54 Å². The molecule has 0 spiro atoms. The van der Waals surface area contributed by atoms with Crippen molar-refractivity contribution in [2.45, 2.75) is 12.8 Å². The Balaban J connectivity index is 0.000000171. The Kier molecular flexibility index (Phi) is 8.38. The van der Waals surface area contributed by atoms with Crippen molar-refractivity contribution in [3.63, 3.8) is 0 Å². The largest absolute Gasteiger partial charge is 0.330 e. The van der Waals surface area contributed by atoms with Crippen LogP contribution in [0.2, 0.25) is 10.0 Å². The third-order valence-corrected chi connectivity index (χ3v) is 6.23. The minimum absolute atomic E-state index is 0.373. The van der Waals surface area contributed by atoms with E-state index < -0.39 is 0 Å². The first kappa shape index (κ1) is 22.4. The maximum absolute atomic E-state index is 8.54. The van der Waals surface area contributed by atoms with Crippen molar-refractivity contribution in [3.8, 4) is 28.6 Å². The summed E-state index contributed by atoms with van der Waals surface area (Å²) in [6.07, 6.45) is 1.22. The highest BCUT2D eigenvalue weighted by molar-refractivity contribution is 7.10. The summed E-state index contributed by atoms with van der Waals surface area (Å²) < 4.78 is 0. The van der Waals surface area contributed by atoms with Crippen LogP contribution in [0.4, 0.5) is 0 Å². The zero-order valence-corrected chi connectivity index (χ0v) is 19.0. The van der Waals surface area contributed by atoms with E-state index in [0.717, 1.165) is 44.0 Å². The number of benzene rings is 2. The molecule has 0 aliphatic carbocycles. The minimum Gasteiger partial charge on any atom is -0.330 e. The van der Waals surface area contributed by atoms with E-state index >= 15 is 0 Å². The fraction of sp³-hybridized carbons (Fsp3) is 0.136. The predicted octanol–water partition coefficient (Wildman–Crippen LogP) is 6.49. The topological polar surface area (TPSA) is 75.6 Å². The van der Waals surface area contributed by atoms with E-state index in [1.54, 1.807) is 11.3 Å². The minimum atomic E-state index is 0.373. The number of thiazole rings is 2. The lowest BCUT2D eigenvalue weighted by atomic mass is 10.2. The number of nitrogens with two attached hydrogens (primary N) is 1. The molecule has 30 heavy (non-hydrogen) atoms. The van der Waals surface area contributed by atoms with Crippen LogP contribution in [0.25, 0.3) is 22.5 Å². The fourth-order valence-electron chi connectivity index (χ4n) is 2.52. The van der Waals surface area contributed by atoms with Crippen molar-refractivity contribution in [3.05, 3.63) is 79.4 Å². The van der Waals surface area contributed by atoms with Crippen LogP contribution in [-0.4, -0.2) is 16.5 Å². The lowest BCUT2D eigenvalue weighted by Crippen LogP contribution is -2.01. The van der Waals surface area contributed by atoms with Crippen molar-refractivity contribution in [2.24, 2.45) is 5.73 Å². The lowest BCUT2D eigenvalue weighted by Gasteiger charge is -1.96. The first-order chi connectivity index (χ1) is 14.6. The first-order valence-corrected chi connectivity index (χ1v) is 11.6. The maximum Gasteiger partial charge on any atom is 0.107 e. The Morgan fingerprint density at radius 3 is 1.73 bits per heavy atom. The molecule has 0 atom stereocenters. The van der Waals surface area contributed by atoms with Crippen LogP contribution in [0.3, 0.4) is 0 Å². The smallest absolute Gasteiger partial charge is 0.107 e. The van der Waals surface area contributed by atoms with Crippen LogP contribution >= 0.6 is 45.9 Å². The van der Waals surface area contributed by atoms with Gasteiger partial charge >= 0.3 is 0 Å². The molecule has 0 fully saturated rings. The number of halogens is 2. The molecule has 0 amide bonds. The molecule has 4 nitrogen and oxygen atoms in total. The average Bonchev–Trinajstić information content (AvgIpc) is 3.40. The molecule has 4 aromatic rings. The van der Waals surface area contributed by atoms with E-state index in [-0.39, 0.29) is 0 Å². The second kappa shape index (κ2) is 11.2. The SMILES string of the molecule is N#CCc1nc(-c2ccc(Cl)cc2)cs1.NCCc1nc(-c2ccc(Cl)cc2)cs1. The molecule has 0 aliphatic heterocycles. The molecule has 0 bridgehead atoms. The number of aromatic nitrogens is 2. The molecule has 0 saturated carbocycles. The van der Waals surface area contributed by atoms with Crippen molar-refractivity contribution in [1.82, 2.24) is 9.97 Å². The van der Waals surface area contributed by atoms with Crippen molar-refractivity contribution >= 4 is 45.9 Å². The van der Waals surface area contributed by atoms with Gasteiger partial charge in [-0.1, -0.05) is 47.5 Å². The molecule has 0 unspecified atom stereocenters. The summed E-state index contributed by atoms with van der Waals surface area (Å²) in [6.45, 7) is 0.646. The quantitative estimate of drug-likeness (QED) is 0.359. The van der Waals surface area contributed by atoms with Gasteiger partial charge in [0, 0.05) is 38.4 Å². The van der Waals surface area contributed by atoms with Crippen LogP contribution in [0.5, 0.6) is 0 Å². The second-order valence-corrected chi connectivity index (χ2v) is 8.90. The van der Waals surface area contributed by atoms with Gasteiger partial charge in [-0.15, -0.1) is 22.7 Å². The summed E-state index contributed by atoms with van der Waals surface area (Å²) in [7, 11) is 0. The summed E-state index contributed by atoms with van der Waals surface area (Å²) in [6, 6.07) is 17.3. The Morgan fingerprint density at radius 1 is 0.800 bits per heavy atom. The monoisotopic (exact) mass is 472 g/mol. The number of nitrogens with zero attached hydrogens (tertiary/aromatic N) is 3. The number of hydrogen-bond acceptors (Lipinski definition) is 6. The van der Waals surface area contributed by atoms with Gasteiger partial charge < -0.3 is 5.73 Å². The van der Waals surface area contributed by atoms with Gasteiger partial charge in [0.2, 0.25) is 0 Å². The summed E-state index contributed by atoms with van der Waals surface area (Å²) in [5, 5.41) is 15.9. The summed E-state index contributed by atoms with van der Waals surface area (Å²) in [5.74, 6) is 0. The van der Waals surface area contributed by atoms with Crippen LogP contribution in [0.1, 0.15) is 10.0 Å².